The number of carbonyl (C=O) groups is 1. The fourth-order valence-electron chi connectivity index (χ4n) is 1.72. The molecule has 2 atom stereocenters. The Balaban J connectivity index is 2.30. The van der Waals surface area contributed by atoms with E-state index in [2.05, 4.69) is 41.2 Å². The summed E-state index contributed by atoms with van der Waals surface area (Å²) in [6.45, 7) is 4.82. The molecule has 0 saturated heterocycles. The smallest absolute Gasteiger partial charge is 0.322 e. The second kappa shape index (κ2) is 7.07. The molecule has 0 aliphatic heterocycles. The van der Waals surface area contributed by atoms with Crippen molar-refractivity contribution in [3.8, 4) is 0 Å². The second-order valence-corrected chi connectivity index (χ2v) is 4.30. The van der Waals surface area contributed by atoms with Crippen LogP contribution < -0.4 is 5.32 Å². The molecule has 94 valence electrons. The predicted octanol–water partition coefficient (Wildman–Crippen LogP) is 2.33. The van der Waals surface area contributed by atoms with Crippen molar-refractivity contribution in [2.24, 2.45) is 0 Å². The Bertz CT molecular complexity index is 337. The Morgan fingerprint density at radius 1 is 1.29 bits per heavy atom. The zero-order valence-electron chi connectivity index (χ0n) is 10.8. The first-order chi connectivity index (χ1) is 8.15. The lowest BCUT2D eigenvalue weighted by atomic mass is 9.98. The molecule has 1 N–H and O–H groups in total. The largest absolute Gasteiger partial charge is 0.468 e. The zero-order chi connectivity index (χ0) is 12.7. The van der Waals surface area contributed by atoms with Crippen LogP contribution in [0.15, 0.2) is 30.3 Å². The third-order valence-corrected chi connectivity index (χ3v) is 2.95. The average molecular weight is 235 g/mol. The van der Waals surface area contributed by atoms with Gasteiger partial charge in [0.1, 0.15) is 6.04 Å². The van der Waals surface area contributed by atoms with E-state index in [1.165, 1.54) is 12.7 Å². The molecule has 0 amide bonds. The van der Waals surface area contributed by atoms with Gasteiger partial charge in [-0.15, -0.1) is 0 Å². The number of methoxy groups -OCH3 is 1. The van der Waals surface area contributed by atoms with E-state index in [4.69, 9.17) is 0 Å². The van der Waals surface area contributed by atoms with Gasteiger partial charge in [0.25, 0.3) is 0 Å². The molecule has 0 saturated carbocycles. The Morgan fingerprint density at radius 2 is 1.94 bits per heavy atom. The van der Waals surface area contributed by atoms with Crippen LogP contribution in [-0.2, 0) is 9.53 Å². The van der Waals surface area contributed by atoms with Crippen molar-refractivity contribution in [3.63, 3.8) is 0 Å². The Morgan fingerprint density at radius 3 is 2.53 bits per heavy atom. The highest BCUT2D eigenvalue weighted by Gasteiger charge is 2.12. The number of esters is 1. The van der Waals surface area contributed by atoms with Gasteiger partial charge in [0.2, 0.25) is 0 Å². The summed E-state index contributed by atoms with van der Waals surface area (Å²) in [5.74, 6) is 0.283. The van der Waals surface area contributed by atoms with Crippen LogP contribution in [0.2, 0.25) is 0 Å². The van der Waals surface area contributed by atoms with Gasteiger partial charge < -0.3 is 10.1 Å². The summed E-state index contributed by atoms with van der Waals surface area (Å²) >= 11 is 0. The van der Waals surface area contributed by atoms with Crippen LogP contribution >= 0.6 is 0 Å². The van der Waals surface area contributed by atoms with Gasteiger partial charge in [-0.25, -0.2) is 0 Å². The molecular weight excluding hydrogens is 214 g/mol. The minimum Gasteiger partial charge on any atom is -0.468 e. The summed E-state index contributed by atoms with van der Waals surface area (Å²) in [5, 5.41) is 3.16. The summed E-state index contributed by atoms with van der Waals surface area (Å²) < 4.78 is 4.65. The maximum absolute atomic E-state index is 11.2. The van der Waals surface area contributed by atoms with Crippen molar-refractivity contribution in [2.75, 3.05) is 13.7 Å². The van der Waals surface area contributed by atoms with Gasteiger partial charge in [-0.05, 0) is 31.4 Å². The number of nitrogens with one attached hydrogen (secondary N) is 1. The quantitative estimate of drug-likeness (QED) is 0.769. The monoisotopic (exact) mass is 235 g/mol. The average Bonchev–Trinajstić information content (AvgIpc) is 2.38. The number of hydrogen-bond acceptors (Lipinski definition) is 3. The summed E-state index contributed by atoms with van der Waals surface area (Å²) in [5.41, 5.74) is 1.33. The molecule has 0 bridgehead atoms. The Kier molecular flexibility index (Phi) is 5.70. The van der Waals surface area contributed by atoms with Crippen LogP contribution in [0, 0.1) is 0 Å². The molecule has 0 aliphatic rings. The summed E-state index contributed by atoms with van der Waals surface area (Å²) in [4.78, 5) is 11.2. The lowest BCUT2D eigenvalue weighted by molar-refractivity contribution is -0.142. The molecule has 3 heteroatoms. The standard InChI is InChI=1S/C14H21NO2/c1-11(13-7-5-4-6-8-13)9-10-15-12(2)14(16)17-3/h4-8,11-12,15H,9-10H2,1-3H3/t11-,12-/m1/s1. The maximum atomic E-state index is 11.2. The molecular formula is C14H21NO2. The summed E-state index contributed by atoms with van der Waals surface area (Å²) in [6, 6.07) is 10.2. The fraction of sp³-hybridized carbons (Fsp3) is 0.500. The zero-order valence-corrected chi connectivity index (χ0v) is 10.8. The van der Waals surface area contributed by atoms with Crippen molar-refractivity contribution in [2.45, 2.75) is 32.2 Å². The first-order valence-electron chi connectivity index (χ1n) is 6.01. The fourth-order valence-corrected chi connectivity index (χ4v) is 1.72. The molecule has 0 radical (unpaired) electrons. The van der Waals surface area contributed by atoms with Gasteiger partial charge in [-0.3, -0.25) is 4.79 Å². The molecule has 0 heterocycles. The van der Waals surface area contributed by atoms with Crippen molar-refractivity contribution < 1.29 is 9.53 Å². The van der Waals surface area contributed by atoms with Gasteiger partial charge >= 0.3 is 5.97 Å². The molecule has 0 unspecified atom stereocenters. The first-order valence-corrected chi connectivity index (χ1v) is 6.01. The Labute approximate surface area is 103 Å². The van der Waals surface area contributed by atoms with E-state index in [9.17, 15) is 4.79 Å². The van der Waals surface area contributed by atoms with E-state index in [0.717, 1.165) is 13.0 Å². The van der Waals surface area contributed by atoms with Crippen molar-refractivity contribution in [1.29, 1.82) is 0 Å². The van der Waals surface area contributed by atoms with E-state index < -0.39 is 0 Å². The summed E-state index contributed by atoms with van der Waals surface area (Å²) in [6.07, 6.45) is 1.01. The number of hydrogen-bond donors (Lipinski definition) is 1. The molecule has 1 rings (SSSR count). The van der Waals surface area contributed by atoms with Crippen LogP contribution in [0.25, 0.3) is 0 Å². The SMILES string of the molecule is COC(=O)[C@@H](C)NCC[C@@H](C)c1ccccc1. The highest BCUT2D eigenvalue weighted by atomic mass is 16.5. The van der Waals surface area contributed by atoms with E-state index in [-0.39, 0.29) is 12.0 Å². The van der Waals surface area contributed by atoms with Gasteiger partial charge in [0.15, 0.2) is 0 Å². The number of benzene rings is 1. The lowest BCUT2D eigenvalue weighted by Crippen LogP contribution is -2.35. The second-order valence-electron chi connectivity index (χ2n) is 4.30. The predicted molar refractivity (Wildman–Crippen MR) is 69.0 cm³/mol. The van der Waals surface area contributed by atoms with Gasteiger partial charge in [0.05, 0.1) is 7.11 Å². The van der Waals surface area contributed by atoms with Crippen LogP contribution in [0.4, 0.5) is 0 Å². The number of rotatable bonds is 6. The van der Waals surface area contributed by atoms with E-state index >= 15 is 0 Å². The van der Waals surface area contributed by atoms with Crippen LogP contribution in [0.1, 0.15) is 31.7 Å². The van der Waals surface area contributed by atoms with Crippen LogP contribution in [-0.4, -0.2) is 25.7 Å². The lowest BCUT2D eigenvalue weighted by Gasteiger charge is -2.15. The Hall–Kier alpha value is -1.35. The molecule has 0 spiro atoms. The summed E-state index contributed by atoms with van der Waals surface area (Å²) in [7, 11) is 1.41. The highest BCUT2D eigenvalue weighted by molar-refractivity contribution is 5.75. The molecule has 0 aromatic heterocycles. The number of carbonyl (C=O) groups excluding carboxylic acids is 1. The van der Waals surface area contributed by atoms with Crippen molar-refractivity contribution in [3.05, 3.63) is 35.9 Å². The maximum Gasteiger partial charge on any atom is 0.322 e. The third-order valence-electron chi connectivity index (χ3n) is 2.95. The van der Waals surface area contributed by atoms with Gasteiger partial charge in [0, 0.05) is 0 Å². The molecule has 1 aromatic rings. The van der Waals surface area contributed by atoms with E-state index in [0.29, 0.717) is 5.92 Å². The third kappa shape index (κ3) is 4.57. The topological polar surface area (TPSA) is 38.3 Å². The highest BCUT2D eigenvalue weighted by Crippen LogP contribution is 2.17. The minimum absolute atomic E-state index is 0.211. The van der Waals surface area contributed by atoms with Crippen LogP contribution in [0.5, 0.6) is 0 Å². The molecule has 0 aliphatic carbocycles. The van der Waals surface area contributed by atoms with E-state index in [1.807, 2.05) is 13.0 Å². The molecule has 17 heavy (non-hydrogen) atoms. The molecule has 3 nitrogen and oxygen atoms in total. The molecule has 1 aromatic carbocycles. The number of ether oxygens (including phenoxy) is 1. The van der Waals surface area contributed by atoms with Gasteiger partial charge in [-0.2, -0.15) is 0 Å². The van der Waals surface area contributed by atoms with Crippen molar-refractivity contribution >= 4 is 5.97 Å². The van der Waals surface area contributed by atoms with Crippen LogP contribution in [0.3, 0.4) is 0 Å². The van der Waals surface area contributed by atoms with Crippen molar-refractivity contribution in [1.82, 2.24) is 5.32 Å². The minimum atomic E-state index is -0.233. The first kappa shape index (κ1) is 13.7. The molecule has 0 fully saturated rings. The van der Waals surface area contributed by atoms with Gasteiger partial charge in [-0.1, -0.05) is 37.3 Å². The van der Waals surface area contributed by atoms with E-state index in [1.54, 1.807) is 0 Å². The normalized spacial score (nSPS) is 14.1.